The molecule has 0 saturated heterocycles. The zero-order valence-corrected chi connectivity index (χ0v) is 29.6. The highest BCUT2D eigenvalue weighted by Crippen LogP contribution is 2.64. The molecule has 0 bridgehead atoms. The SMILES string of the molecule is N#Cc1ccc(-c2cccc3oc4ccc5c(c4c23)-c2ccccc2C52c3ccccc3-c3ccc(-n4cc5ccccc5[n+]4-c4ccccc4)cc32)cc1. The molecule has 2 aromatic heterocycles. The fourth-order valence-electron chi connectivity index (χ4n) is 9.75. The minimum atomic E-state index is -0.556. The van der Waals surface area contributed by atoms with Gasteiger partial charge in [0.1, 0.15) is 16.9 Å². The van der Waals surface area contributed by atoms with Crippen molar-refractivity contribution in [3.05, 3.63) is 210 Å². The zero-order chi connectivity index (χ0) is 36.3. The second kappa shape index (κ2) is 11.0. The van der Waals surface area contributed by atoms with Crippen LogP contribution in [-0.2, 0) is 5.41 Å². The van der Waals surface area contributed by atoms with E-state index in [0.29, 0.717) is 5.56 Å². The van der Waals surface area contributed by atoms with Crippen LogP contribution < -0.4 is 4.68 Å². The van der Waals surface area contributed by atoms with Crippen molar-refractivity contribution in [2.75, 3.05) is 0 Å². The molecule has 10 aromatic rings. The van der Waals surface area contributed by atoms with E-state index in [-0.39, 0.29) is 0 Å². The number of benzene rings is 8. The first-order chi connectivity index (χ1) is 27.2. The predicted molar refractivity (Wildman–Crippen MR) is 219 cm³/mol. The molecule has 0 radical (unpaired) electrons. The lowest BCUT2D eigenvalue weighted by Gasteiger charge is -2.30. The van der Waals surface area contributed by atoms with Gasteiger partial charge in [-0.05, 0) is 98.1 Å². The molecule has 4 heteroatoms. The Labute approximate surface area is 317 Å². The van der Waals surface area contributed by atoms with Gasteiger partial charge in [0.05, 0.1) is 28.6 Å². The van der Waals surface area contributed by atoms with Gasteiger partial charge in [-0.25, -0.2) is 0 Å². The summed E-state index contributed by atoms with van der Waals surface area (Å²) in [7, 11) is 0. The lowest BCUT2D eigenvalue weighted by atomic mass is 9.70. The summed E-state index contributed by atoms with van der Waals surface area (Å²) >= 11 is 0. The average molecular weight is 701 g/mol. The molecule has 0 N–H and O–H groups in total. The van der Waals surface area contributed by atoms with E-state index in [2.05, 4.69) is 173 Å². The van der Waals surface area contributed by atoms with Gasteiger partial charge in [0.15, 0.2) is 0 Å². The maximum absolute atomic E-state index is 9.53. The first kappa shape index (κ1) is 30.0. The predicted octanol–water partition coefficient (Wildman–Crippen LogP) is 11.7. The van der Waals surface area contributed by atoms with Crippen LogP contribution in [-0.4, -0.2) is 4.68 Å². The Kier molecular flexibility index (Phi) is 6.02. The van der Waals surface area contributed by atoms with Crippen LogP contribution in [0.25, 0.3) is 77.6 Å². The van der Waals surface area contributed by atoms with Crippen LogP contribution in [0.15, 0.2) is 187 Å². The summed E-state index contributed by atoms with van der Waals surface area (Å²) in [5.74, 6) is 0. The molecule has 1 spiro atoms. The van der Waals surface area contributed by atoms with Crippen LogP contribution in [0.3, 0.4) is 0 Å². The highest BCUT2D eigenvalue weighted by atomic mass is 16.3. The van der Waals surface area contributed by atoms with Crippen LogP contribution in [0.1, 0.15) is 27.8 Å². The summed E-state index contributed by atoms with van der Waals surface area (Å²) in [6, 6.07) is 65.1. The van der Waals surface area contributed by atoms with Crippen LogP contribution in [0.2, 0.25) is 0 Å². The minimum Gasteiger partial charge on any atom is -0.456 e. The molecular weight excluding hydrogens is 671 g/mol. The Bertz CT molecular complexity index is 3270. The maximum atomic E-state index is 9.53. The van der Waals surface area contributed by atoms with Crippen molar-refractivity contribution < 1.29 is 9.10 Å². The van der Waals surface area contributed by atoms with Gasteiger partial charge in [0, 0.05) is 29.0 Å². The van der Waals surface area contributed by atoms with Crippen molar-refractivity contribution in [3.63, 3.8) is 0 Å². The summed E-state index contributed by atoms with van der Waals surface area (Å²) in [5.41, 5.74) is 17.3. The Hall–Kier alpha value is -7.48. The molecule has 8 aromatic carbocycles. The van der Waals surface area contributed by atoms with Crippen molar-refractivity contribution in [1.82, 2.24) is 4.68 Å². The van der Waals surface area contributed by atoms with E-state index in [1.807, 2.05) is 24.3 Å². The van der Waals surface area contributed by atoms with E-state index in [4.69, 9.17) is 4.42 Å². The second-order valence-corrected chi connectivity index (χ2v) is 14.6. The molecule has 0 amide bonds. The quantitative estimate of drug-likeness (QED) is 0.172. The summed E-state index contributed by atoms with van der Waals surface area (Å²) in [6.45, 7) is 0. The molecule has 1 atom stereocenters. The molecule has 12 rings (SSSR count). The van der Waals surface area contributed by atoms with Gasteiger partial charge in [0.25, 0.3) is 0 Å². The zero-order valence-electron chi connectivity index (χ0n) is 29.6. The number of hydrogen-bond acceptors (Lipinski definition) is 2. The van der Waals surface area contributed by atoms with E-state index >= 15 is 0 Å². The molecule has 0 aliphatic heterocycles. The highest BCUT2D eigenvalue weighted by molar-refractivity contribution is 6.20. The van der Waals surface area contributed by atoms with Crippen molar-refractivity contribution in [1.29, 1.82) is 5.26 Å². The molecule has 55 heavy (non-hydrogen) atoms. The van der Waals surface area contributed by atoms with Gasteiger partial charge in [0.2, 0.25) is 11.2 Å². The number of fused-ring (bicyclic) bond motifs is 15. The lowest BCUT2D eigenvalue weighted by Crippen LogP contribution is -2.39. The van der Waals surface area contributed by atoms with Crippen molar-refractivity contribution in [2.24, 2.45) is 0 Å². The van der Waals surface area contributed by atoms with Gasteiger partial charge in [-0.3, -0.25) is 0 Å². The molecule has 254 valence electrons. The van der Waals surface area contributed by atoms with E-state index in [1.165, 1.54) is 49.9 Å². The molecule has 4 nitrogen and oxygen atoms in total. The largest absolute Gasteiger partial charge is 0.456 e. The fraction of sp³-hybridized carbons (Fsp3) is 0.0196. The molecule has 0 saturated carbocycles. The van der Waals surface area contributed by atoms with E-state index < -0.39 is 5.41 Å². The number of rotatable bonds is 3. The standard InChI is InChI=1S/C51H30N3O/c52-30-32-21-23-33(24-22-32)37-16-10-20-46-49(37)50-47(55-46)28-27-43-48(50)40-15-6-8-18-42(40)51(43)41-17-7-5-14-38(41)39-26-25-36(29-44(39)51)53-31-34-11-4-9-19-45(34)54(53)35-12-2-1-3-13-35/h1-29,31H/q+1. The number of nitrogens with zero attached hydrogens (tertiary/aromatic N) is 3. The first-order valence-corrected chi connectivity index (χ1v) is 18.7. The third-order valence-electron chi connectivity index (χ3n) is 11.9. The van der Waals surface area contributed by atoms with E-state index in [0.717, 1.165) is 50.0 Å². The third kappa shape index (κ3) is 3.91. The van der Waals surface area contributed by atoms with Crippen molar-refractivity contribution in [3.8, 4) is 50.8 Å². The van der Waals surface area contributed by atoms with Crippen LogP contribution in [0, 0.1) is 11.3 Å². The Morgan fingerprint density at radius 2 is 1.22 bits per heavy atom. The van der Waals surface area contributed by atoms with Crippen LogP contribution in [0.5, 0.6) is 0 Å². The molecule has 0 fully saturated rings. The Morgan fingerprint density at radius 3 is 2.05 bits per heavy atom. The van der Waals surface area contributed by atoms with Crippen LogP contribution in [0.4, 0.5) is 0 Å². The lowest BCUT2D eigenvalue weighted by molar-refractivity contribution is -0.649. The van der Waals surface area contributed by atoms with Gasteiger partial charge < -0.3 is 4.42 Å². The minimum absolute atomic E-state index is 0.556. The summed E-state index contributed by atoms with van der Waals surface area (Å²) in [6.07, 6.45) is 2.25. The van der Waals surface area contributed by atoms with Crippen molar-refractivity contribution in [2.45, 2.75) is 5.41 Å². The normalized spacial score (nSPS) is 15.0. The van der Waals surface area contributed by atoms with Gasteiger partial charge in [-0.15, -0.1) is 4.68 Å². The first-order valence-electron chi connectivity index (χ1n) is 18.7. The van der Waals surface area contributed by atoms with Gasteiger partial charge in [-0.1, -0.05) is 120 Å². The molecule has 2 aliphatic rings. The summed E-state index contributed by atoms with van der Waals surface area (Å²) < 4.78 is 11.3. The monoisotopic (exact) mass is 700 g/mol. The average Bonchev–Trinajstić information content (AvgIpc) is 3.99. The Balaban J connectivity index is 1.18. The Morgan fingerprint density at radius 1 is 0.527 bits per heavy atom. The molecule has 1 unspecified atom stereocenters. The number of para-hydroxylation sites is 2. The fourth-order valence-corrected chi connectivity index (χ4v) is 9.75. The summed E-state index contributed by atoms with van der Waals surface area (Å²) in [5, 5.41) is 12.9. The van der Waals surface area contributed by atoms with E-state index in [9.17, 15) is 5.26 Å². The number of aromatic nitrogens is 2. The molecule has 2 heterocycles. The van der Waals surface area contributed by atoms with Crippen molar-refractivity contribution >= 4 is 32.8 Å². The number of nitriles is 1. The van der Waals surface area contributed by atoms with E-state index in [1.54, 1.807) is 0 Å². The van der Waals surface area contributed by atoms with Gasteiger partial charge >= 0.3 is 0 Å². The highest BCUT2D eigenvalue weighted by Gasteiger charge is 2.52. The number of furan rings is 1. The third-order valence-corrected chi connectivity index (χ3v) is 11.9. The van der Waals surface area contributed by atoms with Gasteiger partial charge in [-0.2, -0.15) is 5.26 Å². The van der Waals surface area contributed by atoms with Crippen LogP contribution >= 0.6 is 0 Å². The smallest absolute Gasteiger partial charge is 0.245 e. The summed E-state index contributed by atoms with van der Waals surface area (Å²) in [4.78, 5) is 0. The maximum Gasteiger partial charge on any atom is 0.245 e. The second-order valence-electron chi connectivity index (χ2n) is 14.6. The topological polar surface area (TPSA) is 45.7 Å². The molecular formula is C51H30N3O+. The molecule has 2 aliphatic carbocycles. The number of hydrogen-bond donors (Lipinski definition) is 0.